The van der Waals surface area contributed by atoms with Gasteiger partial charge in [-0.15, -0.1) is 0 Å². The number of allylic oxidation sites excluding steroid dienone is 1. The van der Waals surface area contributed by atoms with E-state index in [1.165, 1.54) is 37.2 Å². The SMILES string of the molecule is CCOC(=O)C1=C(C)N=c2s/c(=C/c3cc(Br)ccc3OC(C)C)c(=O)n2[C@H]1c1cc(OC)c(OC)c(OC)c1. The van der Waals surface area contributed by atoms with Gasteiger partial charge in [0.25, 0.3) is 5.56 Å². The monoisotopic (exact) mass is 630 g/mol. The van der Waals surface area contributed by atoms with Gasteiger partial charge in [-0.1, -0.05) is 27.3 Å². The van der Waals surface area contributed by atoms with Crippen LogP contribution in [0.2, 0.25) is 0 Å². The number of halogens is 1. The summed E-state index contributed by atoms with van der Waals surface area (Å²) in [5.41, 5.74) is 1.70. The van der Waals surface area contributed by atoms with Crippen LogP contribution in [0.4, 0.5) is 0 Å². The lowest BCUT2D eigenvalue weighted by atomic mass is 9.95. The molecule has 11 heteroatoms. The number of ether oxygens (including phenoxy) is 5. The van der Waals surface area contributed by atoms with E-state index in [1.54, 1.807) is 32.1 Å². The number of rotatable bonds is 9. The van der Waals surface area contributed by atoms with Gasteiger partial charge in [0, 0.05) is 10.0 Å². The largest absolute Gasteiger partial charge is 0.493 e. The Hall–Kier alpha value is -3.57. The van der Waals surface area contributed by atoms with E-state index in [0.29, 0.717) is 43.6 Å². The van der Waals surface area contributed by atoms with Crippen molar-refractivity contribution in [1.29, 1.82) is 0 Å². The summed E-state index contributed by atoms with van der Waals surface area (Å²) < 4.78 is 30.8. The van der Waals surface area contributed by atoms with Crippen molar-refractivity contribution in [3.8, 4) is 23.0 Å². The molecule has 9 nitrogen and oxygen atoms in total. The predicted molar refractivity (Wildman–Crippen MR) is 156 cm³/mol. The first-order chi connectivity index (χ1) is 19.1. The van der Waals surface area contributed by atoms with E-state index < -0.39 is 12.0 Å². The quantitative estimate of drug-likeness (QED) is 0.324. The van der Waals surface area contributed by atoms with Gasteiger partial charge in [0.15, 0.2) is 16.3 Å². The number of nitrogens with zero attached hydrogens (tertiary/aromatic N) is 2. The molecule has 0 spiro atoms. The zero-order valence-electron chi connectivity index (χ0n) is 23.4. The van der Waals surface area contributed by atoms with Gasteiger partial charge < -0.3 is 23.7 Å². The molecule has 2 heterocycles. The number of benzene rings is 2. The third-order valence-corrected chi connectivity index (χ3v) is 7.62. The van der Waals surface area contributed by atoms with Crippen LogP contribution in [0.1, 0.15) is 44.9 Å². The molecule has 0 aliphatic carbocycles. The van der Waals surface area contributed by atoms with Crippen molar-refractivity contribution in [2.75, 3.05) is 27.9 Å². The van der Waals surface area contributed by atoms with Crippen LogP contribution in [0.3, 0.4) is 0 Å². The fourth-order valence-electron chi connectivity index (χ4n) is 4.50. The maximum absolute atomic E-state index is 14.1. The molecule has 1 aromatic heterocycles. The Morgan fingerprint density at radius 2 is 1.77 bits per heavy atom. The number of fused-ring (bicyclic) bond motifs is 1. The molecule has 0 amide bonds. The summed E-state index contributed by atoms with van der Waals surface area (Å²) in [4.78, 5) is 32.4. The molecular weight excluding hydrogens is 600 g/mol. The van der Waals surface area contributed by atoms with E-state index in [-0.39, 0.29) is 23.8 Å². The van der Waals surface area contributed by atoms with Crippen LogP contribution in [0.25, 0.3) is 6.08 Å². The number of aromatic nitrogens is 1. The summed E-state index contributed by atoms with van der Waals surface area (Å²) in [6, 6.07) is 8.24. The molecule has 0 unspecified atom stereocenters. The topological polar surface area (TPSA) is 97.6 Å². The van der Waals surface area contributed by atoms with Gasteiger partial charge >= 0.3 is 5.97 Å². The zero-order chi connectivity index (χ0) is 29.1. The second kappa shape index (κ2) is 12.3. The zero-order valence-corrected chi connectivity index (χ0v) is 25.8. The standard InChI is InChI=1S/C29H31BrN2O7S/c1-8-38-28(34)24-16(4)31-29-32(25(24)18-12-21(35-5)26(37-7)22(13-18)36-6)27(33)23(40-29)14-17-11-19(30)9-10-20(17)39-15(2)3/h9-15,25H,8H2,1-7H3/b23-14+/t25-/m0/s1. The second-order valence-corrected chi connectivity index (χ2v) is 11.0. The summed E-state index contributed by atoms with van der Waals surface area (Å²) in [7, 11) is 4.53. The molecule has 0 saturated carbocycles. The van der Waals surface area contributed by atoms with Gasteiger partial charge in [-0.2, -0.15) is 0 Å². The van der Waals surface area contributed by atoms with E-state index in [1.807, 2.05) is 32.0 Å². The van der Waals surface area contributed by atoms with Gasteiger partial charge in [0.1, 0.15) is 5.75 Å². The number of methoxy groups -OCH3 is 3. The first-order valence-corrected chi connectivity index (χ1v) is 14.2. The molecule has 1 atom stereocenters. The minimum atomic E-state index is -0.847. The van der Waals surface area contributed by atoms with Crippen LogP contribution >= 0.6 is 27.3 Å². The van der Waals surface area contributed by atoms with Crippen LogP contribution in [0.15, 0.2) is 55.9 Å². The predicted octanol–water partition coefficient (Wildman–Crippen LogP) is 4.37. The summed E-state index contributed by atoms with van der Waals surface area (Å²) in [5, 5.41) is 0. The van der Waals surface area contributed by atoms with Gasteiger partial charge in [0.05, 0.1) is 55.9 Å². The Labute approximate surface area is 244 Å². The first-order valence-electron chi connectivity index (χ1n) is 12.6. The molecule has 1 aliphatic rings. The maximum Gasteiger partial charge on any atom is 0.338 e. The highest BCUT2D eigenvalue weighted by atomic mass is 79.9. The summed E-state index contributed by atoms with van der Waals surface area (Å²) in [6.07, 6.45) is 1.73. The van der Waals surface area contributed by atoms with Crippen molar-refractivity contribution >= 4 is 39.3 Å². The average molecular weight is 632 g/mol. The Morgan fingerprint density at radius 3 is 2.35 bits per heavy atom. The number of thiazole rings is 1. The number of hydrogen-bond donors (Lipinski definition) is 0. The number of esters is 1. The molecule has 4 rings (SSSR count). The van der Waals surface area contributed by atoms with Crippen LogP contribution in [-0.4, -0.2) is 44.6 Å². The molecule has 3 aromatic rings. The van der Waals surface area contributed by atoms with Gasteiger partial charge in [0.2, 0.25) is 5.75 Å². The third-order valence-electron chi connectivity index (χ3n) is 6.14. The van der Waals surface area contributed by atoms with Gasteiger partial charge in [-0.25, -0.2) is 9.79 Å². The third kappa shape index (κ3) is 5.66. The highest BCUT2D eigenvalue weighted by Crippen LogP contribution is 2.42. The molecule has 0 radical (unpaired) electrons. The van der Waals surface area contributed by atoms with Crippen molar-refractivity contribution in [3.05, 3.63) is 76.9 Å². The molecule has 2 aromatic carbocycles. The van der Waals surface area contributed by atoms with E-state index in [2.05, 4.69) is 20.9 Å². The second-order valence-electron chi connectivity index (χ2n) is 9.11. The Bertz CT molecular complexity index is 1630. The number of carbonyl (C=O) groups is 1. The van der Waals surface area contributed by atoms with Crippen molar-refractivity contribution in [1.82, 2.24) is 4.57 Å². The van der Waals surface area contributed by atoms with Crippen molar-refractivity contribution in [3.63, 3.8) is 0 Å². The Balaban J connectivity index is 2.02. The molecular formula is C29H31BrN2O7S. The lowest BCUT2D eigenvalue weighted by molar-refractivity contribution is -0.139. The van der Waals surface area contributed by atoms with Crippen LogP contribution in [0.5, 0.6) is 23.0 Å². The van der Waals surface area contributed by atoms with Crippen LogP contribution in [-0.2, 0) is 9.53 Å². The summed E-state index contributed by atoms with van der Waals surface area (Å²) in [6.45, 7) is 7.51. The highest BCUT2D eigenvalue weighted by Gasteiger charge is 2.34. The smallest absolute Gasteiger partial charge is 0.338 e. The van der Waals surface area contributed by atoms with E-state index in [0.717, 1.165) is 10.0 Å². The Kier molecular flexibility index (Phi) is 9.05. The number of carbonyl (C=O) groups excluding carboxylic acids is 1. The molecule has 0 saturated heterocycles. The molecule has 0 bridgehead atoms. The lowest BCUT2D eigenvalue weighted by Crippen LogP contribution is -2.40. The van der Waals surface area contributed by atoms with Crippen LogP contribution < -0.4 is 33.8 Å². The normalized spacial score (nSPS) is 15.0. The first kappa shape index (κ1) is 29.4. The minimum absolute atomic E-state index is 0.0515. The molecule has 212 valence electrons. The highest BCUT2D eigenvalue weighted by molar-refractivity contribution is 9.10. The van der Waals surface area contributed by atoms with E-state index in [4.69, 9.17) is 23.7 Å². The van der Waals surface area contributed by atoms with E-state index >= 15 is 0 Å². The maximum atomic E-state index is 14.1. The molecule has 40 heavy (non-hydrogen) atoms. The average Bonchev–Trinajstić information content (AvgIpc) is 3.22. The van der Waals surface area contributed by atoms with Gasteiger partial charge in [-0.05, 0) is 69.7 Å². The Morgan fingerprint density at radius 1 is 1.10 bits per heavy atom. The number of hydrogen-bond acceptors (Lipinski definition) is 9. The van der Waals surface area contributed by atoms with Crippen molar-refractivity contribution in [2.45, 2.75) is 39.8 Å². The summed E-state index contributed by atoms with van der Waals surface area (Å²) >= 11 is 4.74. The van der Waals surface area contributed by atoms with Crippen molar-refractivity contribution in [2.24, 2.45) is 4.99 Å². The van der Waals surface area contributed by atoms with E-state index in [9.17, 15) is 9.59 Å². The minimum Gasteiger partial charge on any atom is -0.493 e. The summed E-state index contributed by atoms with van der Waals surface area (Å²) in [5.74, 6) is 1.26. The molecule has 0 fully saturated rings. The van der Waals surface area contributed by atoms with Gasteiger partial charge in [-0.3, -0.25) is 9.36 Å². The molecule has 0 N–H and O–H groups in total. The fraction of sp³-hybridized carbons (Fsp3) is 0.345. The van der Waals surface area contributed by atoms with Crippen LogP contribution in [0, 0.1) is 0 Å². The molecule has 1 aliphatic heterocycles. The lowest BCUT2D eigenvalue weighted by Gasteiger charge is -2.26. The fourth-order valence-corrected chi connectivity index (χ4v) is 5.92. The van der Waals surface area contributed by atoms with Crippen molar-refractivity contribution < 1.29 is 28.5 Å².